The third kappa shape index (κ3) is 4.95. The standard InChI is InChI=1S/C16H24FNO2S/c1-12-13(2)21-8-7-18(12)9-15(19)11-20-10-14-5-3-4-6-16(14)17/h3-6,12-13,15,19H,7-11H2,1-2H3. The van der Waals surface area contributed by atoms with E-state index >= 15 is 0 Å². The van der Waals surface area contributed by atoms with E-state index < -0.39 is 6.10 Å². The van der Waals surface area contributed by atoms with Gasteiger partial charge in [0, 0.05) is 35.7 Å². The Hall–Kier alpha value is -0.620. The summed E-state index contributed by atoms with van der Waals surface area (Å²) < 4.78 is 18.9. The molecule has 0 bridgehead atoms. The molecule has 0 saturated carbocycles. The van der Waals surface area contributed by atoms with E-state index in [9.17, 15) is 9.50 Å². The molecule has 3 atom stereocenters. The second-order valence-corrected chi connectivity index (χ2v) is 7.06. The molecule has 1 heterocycles. The van der Waals surface area contributed by atoms with Crippen LogP contribution in [0.3, 0.4) is 0 Å². The van der Waals surface area contributed by atoms with Gasteiger partial charge in [-0.05, 0) is 13.0 Å². The van der Waals surface area contributed by atoms with E-state index in [1.54, 1.807) is 18.2 Å². The highest BCUT2D eigenvalue weighted by molar-refractivity contribution is 8.00. The molecule has 0 radical (unpaired) electrons. The van der Waals surface area contributed by atoms with E-state index in [0.29, 0.717) is 23.4 Å². The number of ether oxygens (including phenoxy) is 1. The van der Waals surface area contributed by atoms with E-state index in [0.717, 1.165) is 12.3 Å². The third-order valence-corrected chi connectivity index (χ3v) is 5.32. The fourth-order valence-corrected chi connectivity index (χ4v) is 3.66. The highest BCUT2D eigenvalue weighted by atomic mass is 32.2. The van der Waals surface area contributed by atoms with Crippen molar-refractivity contribution in [2.75, 3.05) is 25.4 Å². The van der Waals surface area contributed by atoms with Crippen LogP contribution in [0, 0.1) is 5.82 Å². The second-order valence-electron chi connectivity index (χ2n) is 5.57. The van der Waals surface area contributed by atoms with Crippen molar-refractivity contribution < 1.29 is 14.2 Å². The molecule has 1 fully saturated rings. The van der Waals surface area contributed by atoms with Crippen molar-refractivity contribution in [3.63, 3.8) is 0 Å². The zero-order valence-corrected chi connectivity index (χ0v) is 13.5. The zero-order valence-electron chi connectivity index (χ0n) is 12.7. The van der Waals surface area contributed by atoms with Gasteiger partial charge in [-0.2, -0.15) is 11.8 Å². The monoisotopic (exact) mass is 313 g/mol. The van der Waals surface area contributed by atoms with Crippen molar-refractivity contribution in [3.05, 3.63) is 35.6 Å². The summed E-state index contributed by atoms with van der Waals surface area (Å²) in [5.74, 6) is 0.844. The zero-order chi connectivity index (χ0) is 15.2. The van der Waals surface area contributed by atoms with E-state index in [1.165, 1.54) is 6.07 Å². The normalized spacial score (nSPS) is 25.0. The Labute approximate surface area is 130 Å². The lowest BCUT2D eigenvalue weighted by Gasteiger charge is -2.38. The molecular weight excluding hydrogens is 289 g/mol. The molecule has 0 spiro atoms. The Morgan fingerprint density at radius 1 is 1.43 bits per heavy atom. The fraction of sp³-hybridized carbons (Fsp3) is 0.625. The molecule has 5 heteroatoms. The Morgan fingerprint density at radius 2 is 2.19 bits per heavy atom. The lowest BCUT2D eigenvalue weighted by Crippen LogP contribution is -2.48. The number of nitrogens with zero attached hydrogens (tertiary/aromatic N) is 1. The van der Waals surface area contributed by atoms with Crippen LogP contribution in [0.1, 0.15) is 19.4 Å². The number of rotatable bonds is 6. The van der Waals surface area contributed by atoms with Gasteiger partial charge in [0.15, 0.2) is 0 Å². The number of thioether (sulfide) groups is 1. The highest BCUT2D eigenvalue weighted by Gasteiger charge is 2.26. The molecule has 2 rings (SSSR count). The molecule has 1 aromatic carbocycles. The summed E-state index contributed by atoms with van der Waals surface area (Å²) in [6.07, 6.45) is -0.533. The molecule has 0 aliphatic carbocycles. The maximum absolute atomic E-state index is 13.4. The predicted molar refractivity (Wildman–Crippen MR) is 85.0 cm³/mol. The van der Waals surface area contributed by atoms with Gasteiger partial charge in [-0.15, -0.1) is 0 Å². The number of β-amino-alcohol motifs (C(OH)–C–C–N with tert-alkyl or cyclic N) is 1. The van der Waals surface area contributed by atoms with Crippen LogP contribution >= 0.6 is 11.8 Å². The van der Waals surface area contributed by atoms with Crippen LogP contribution in [-0.4, -0.2) is 52.9 Å². The van der Waals surface area contributed by atoms with Crippen LogP contribution < -0.4 is 0 Å². The SMILES string of the molecule is CC1SCCN(CC(O)COCc2ccccc2F)C1C. The molecule has 3 unspecified atom stereocenters. The van der Waals surface area contributed by atoms with Crippen LogP contribution in [-0.2, 0) is 11.3 Å². The summed E-state index contributed by atoms with van der Waals surface area (Å²) >= 11 is 1.98. The first-order valence-electron chi connectivity index (χ1n) is 7.42. The maximum Gasteiger partial charge on any atom is 0.128 e. The number of benzene rings is 1. The van der Waals surface area contributed by atoms with Gasteiger partial charge >= 0.3 is 0 Å². The van der Waals surface area contributed by atoms with Gasteiger partial charge in [0.05, 0.1) is 19.3 Å². The summed E-state index contributed by atoms with van der Waals surface area (Å²) in [5.41, 5.74) is 0.529. The molecule has 1 aliphatic rings. The van der Waals surface area contributed by atoms with Gasteiger partial charge in [0.2, 0.25) is 0 Å². The van der Waals surface area contributed by atoms with E-state index in [4.69, 9.17) is 4.74 Å². The first kappa shape index (κ1) is 16.7. The molecule has 118 valence electrons. The van der Waals surface area contributed by atoms with Gasteiger partial charge in [-0.3, -0.25) is 4.90 Å². The molecule has 1 aromatic rings. The van der Waals surface area contributed by atoms with E-state index in [1.807, 2.05) is 11.8 Å². The van der Waals surface area contributed by atoms with E-state index in [2.05, 4.69) is 18.7 Å². The van der Waals surface area contributed by atoms with Gasteiger partial charge < -0.3 is 9.84 Å². The van der Waals surface area contributed by atoms with Crippen molar-refractivity contribution in [3.8, 4) is 0 Å². The molecule has 0 amide bonds. The van der Waals surface area contributed by atoms with Crippen molar-refractivity contribution in [1.29, 1.82) is 0 Å². The van der Waals surface area contributed by atoms with Gasteiger partial charge in [-0.25, -0.2) is 4.39 Å². The Bertz CT molecular complexity index is 446. The second kappa shape index (κ2) is 8.13. The summed E-state index contributed by atoms with van der Waals surface area (Å²) in [4.78, 5) is 2.30. The van der Waals surface area contributed by atoms with E-state index in [-0.39, 0.29) is 19.0 Å². The Kier molecular flexibility index (Phi) is 6.48. The predicted octanol–water partition coefficient (Wildman–Crippen LogP) is 2.53. The largest absolute Gasteiger partial charge is 0.389 e. The summed E-state index contributed by atoms with van der Waals surface area (Å²) in [7, 11) is 0. The summed E-state index contributed by atoms with van der Waals surface area (Å²) in [6, 6.07) is 7.03. The minimum Gasteiger partial charge on any atom is -0.389 e. The molecular formula is C16H24FNO2S. The average molecular weight is 313 g/mol. The highest BCUT2D eigenvalue weighted by Crippen LogP contribution is 2.24. The fourth-order valence-electron chi connectivity index (χ4n) is 2.50. The quantitative estimate of drug-likeness (QED) is 0.875. The van der Waals surface area contributed by atoms with Crippen molar-refractivity contribution in [2.24, 2.45) is 0 Å². The van der Waals surface area contributed by atoms with Crippen molar-refractivity contribution >= 4 is 11.8 Å². The molecule has 1 N–H and O–H groups in total. The molecule has 1 saturated heterocycles. The first-order valence-corrected chi connectivity index (χ1v) is 8.47. The molecule has 3 nitrogen and oxygen atoms in total. The molecule has 21 heavy (non-hydrogen) atoms. The van der Waals surface area contributed by atoms with Gasteiger partial charge in [0.25, 0.3) is 0 Å². The third-order valence-electron chi connectivity index (χ3n) is 3.99. The summed E-state index contributed by atoms with van der Waals surface area (Å²) in [5, 5.41) is 10.7. The molecule has 1 aliphatic heterocycles. The molecule has 0 aromatic heterocycles. The lowest BCUT2D eigenvalue weighted by atomic mass is 10.2. The average Bonchev–Trinajstić information content (AvgIpc) is 2.46. The van der Waals surface area contributed by atoms with Crippen LogP contribution in [0.2, 0.25) is 0 Å². The maximum atomic E-state index is 13.4. The first-order chi connectivity index (χ1) is 10.1. The summed E-state index contributed by atoms with van der Waals surface area (Å²) in [6.45, 7) is 6.47. The van der Waals surface area contributed by atoms with Crippen LogP contribution in [0.15, 0.2) is 24.3 Å². The van der Waals surface area contributed by atoms with Gasteiger partial charge in [0.1, 0.15) is 5.82 Å². The Morgan fingerprint density at radius 3 is 2.95 bits per heavy atom. The number of halogens is 1. The minimum atomic E-state index is -0.533. The van der Waals surface area contributed by atoms with Crippen LogP contribution in [0.5, 0.6) is 0 Å². The number of hydrogen-bond acceptors (Lipinski definition) is 4. The topological polar surface area (TPSA) is 32.7 Å². The van der Waals surface area contributed by atoms with Crippen molar-refractivity contribution in [1.82, 2.24) is 4.90 Å². The number of hydrogen-bond donors (Lipinski definition) is 1. The number of aliphatic hydroxyl groups is 1. The van der Waals surface area contributed by atoms with Crippen molar-refractivity contribution in [2.45, 2.75) is 37.9 Å². The van der Waals surface area contributed by atoms with Gasteiger partial charge in [-0.1, -0.05) is 25.1 Å². The van der Waals surface area contributed by atoms with Crippen LogP contribution in [0.25, 0.3) is 0 Å². The number of aliphatic hydroxyl groups excluding tert-OH is 1. The van der Waals surface area contributed by atoms with Crippen LogP contribution in [0.4, 0.5) is 4.39 Å². The lowest BCUT2D eigenvalue weighted by molar-refractivity contribution is 0.00353. The Balaban J connectivity index is 1.72. The minimum absolute atomic E-state index is 0.200. The smallest absolute Gasteiger partial charge is 0.128 e.